The lowest BCUT2D eigenvalue weighted by Crippen LogP contribution is -2.35. The van der Waals surface area contributed by atoms with E-state index in [0.29, 0.717) is 0 Å². The third kappa shape index (κ3) is 1.67. The van der Waals surface area contributed by atoms with Crippen molar-refractivity contribution in [2.75, 3.05) is 0 Å². The lowest BCUT2D eigenvalue weighted by molar-refractivity contribution is -0.141. The molecule has 0 aliphatic heterocycles. The largest absolute Gasteiger partial charge is 0.480 e. The Kier molecular flexibility index (Phi) is 2.43. The van der Waals surface area contributed by atoms with E-state index in [-0.39, 0.29) is 5.92 Å². The normalized spacial score (nSPS) is 24.9. The highest BCUT2D eigenvalue weighted by Crippen LogP contribution is 2.38. The smallest absolute Gasteiger partial charge is 0.324 e. The van der Waals surface area contributed by atoms with Gasteiger partial charge in [-0.25, -0.2) is 0 Å². The molecule has 1 N–H and O–H groups in total. The van der Waals surface area contributed by atoms with Crippen molar-refractivity contribution in [3.63, 3.8) is 0 Å². The molecule has 1 saturated carbocycles. The first-order valence-electron chi connectivity index (χ1n) is 3.97. The highest BCUT2D eigenvalue weighted by Gasteiger charge is 2.40. The number of carbonyl (C=O) groups is 1. The molecule has 2 nitrogen and oxygen atoms in total. The van der Waals surface area contributed by atoms with Gasteiger partial charge in [-0.3, -0.25) is 4.79 Å². The molecule has 0 aromatic heterocycles. The molecule has 3 heteroatoms. The van der Waals surface area contributed by atoms with Crippen molar-refractivity contribution in [1.82, 2.24) is 0 Å². The van der Waals surface area contributed by atoms with Crippen LogP contribution in [-0.4, -0.2) is 16.0 Å². The van der Waals surface area contributed by atoms with Crippen LogP contribution < -0.4 is 0 Å². The first-order valence-corrected chi connectivity index (χ1v) is 4.35. The summed E-state index contributed by atoms with van der Waals surface area (Å²) in [5.74, 6) is -0.715. The minimum Gasteiger partial charge on any atom is -0.480 e. The average molecular weight is 177 g/mol. The van der Waals surface area contributed by atoms with E-state index in [1.165, 1.54) is 0 Å². The Bertz CT molecular complexity index is 159. The quantitative estimate of drug-likeness (QED) is 0.656. The van der Waals surface area contributed by atoms with Crippen molar-refractivity contribution in [3.05, 3.63) is 0 Å². The van der Waals surface area contributed by atoms with Gasteiger partial charge in [0.2, 0.25) is 0 Å². The zero-order chi connectivity index (χ0) is 8.48. The fraction of sp³-hybridized carbons (Fsp3) is 0.875. The maximum Gasteiger partial charge on any atom is 0.324 e. The van der Waals surface area contributed by atoms with E-state index < -0.39 is 10.8 Å². The Morgan fingerprint density at radius 3 is 2.36 bits per heavy atom. The third-order valence-electron chi connectivity index (χ3n) is 2.54. The van der Waals surface area contributed by atoms with Gasteiger partial charge in [0.05, 0.1) is 0 Å². The Morgan fingerprint density at radius 1 is 1.55 bits per heavy atom. The van der Waals surface area contributed by atoms with Crippen molar-refractivity contribution >= 4 is 17.6 Å². The topological polar surface area (TPSA) is 37.3 Å². The molecule has 1 aliphatic carbocycles. The highest BCUT2D eigenvalue weighted by atomic mass is 35.5. The molecular weight excluding hydrogens is 164 g/mol. The van der Waals surface area contributed by atoms with E-state index in [1.807, 2.05) is 0 Å². The van der Waals surface area contributed by atoms with Crippen LogP contribution in [0.25, 0.3) is 0 Å². The van der Waals surface area contributed by atoms with Crippen molar-refractivity contribution in [3.8, 4) is 0 Å². The van der Waals surface area contributed by atoms with Gasteiger partial charge in [0.25, 0.3) is 0 Å². The summed E-state index contributed by atoms with van der Waals surface area (Å²) < 4.78 is 0. The van der Waals surface area contributed by atoms with Crippen LogP contribution in [0.15, 0.2) is 0 Å². The summed E-state index contributed by atoms with van der Waals surface area (Å²) in [6, 6.07) is 0. The SMILES string of the molecule is CC(Cl)(C(=O)O)C1CCCC1. The molecule has 1 fully saturated rings. The van der Waals surface area contributed by atoms with Gasteiger partial charge in [0.15, 0.2) is 0 Å². The van der Waals surface area contributed by atoms with Gasteiger partial charge in [-0.05, 0) is 25.7 Å². The molecule has 0 aromatic rings. The molecule has 0 radical (unpaired) electrons. The first-order chi connectivity index (χ1) is 5.05. The number of rotatable bonds is 2. The van der Waals surface area contributed by atoms with Gasteiger partial charge in [-0.15, -0.1) is 11.6 Å². The van der Waals surface area contributed by atoms with Crippen LogP contribution in [0, 0.1) is 5.92 Å². The summed E-state index contributed by atoms with van der Waals surface area (Å²) in [5.41, 5.74) is 0. The van der Waals surface area contributed by atoms with E-state index in [2.05, 4.69) is 0 Å². The number of carboxylic acid groups (broad SMARTS) is 1. The highest BCUT2D eigenvalue weighted by molar-refractivity contribution is 6.33. The van der Waals surface area contributed by atoms with Crippen molar-refractivity contribution < 1.29 is 9.90 Å². The second-order valence-corrected chi connectivity index (χ2v) is 4.15. The Labute approximate surface area is 71.5 Å². The zero-order valence-electron chi connectivity index (χ0n) is 6.64. The summed E-state index contributed by atoms with van der Waals surface area (Å²) in [7, 11) is 0. The number of carboxylic acids is 1. The number of halogens is 1. The van der Waals surface area contributed by atoms with Crippen molar-refractivity contribution in [2.45, 2.75) is 37.5 Å². The predicted molar refractivity (Wildman–Crippen MR) is 43.9 cm³/mol. The maximum absolute atomic E-state index is 10.7. The number of alkyl halides is 1. The molecule has 1 unspecified atom stereocenters. The summed E-state index contributed by atoms with van der Waals surface area (Å²) in [4.78, 5) is 9.64. The van der Waals surface area contributed by atoms with Crippen LogP contribution in [0.5, 0.6) is 0 Å². The molecule has 1 atom stereocenters. The predicted octanol–water partition coefficient (Wildman–Crippen LogP) is 2.26. The number of hydrogen-bond acceptors (Lipinski definition) is 1. The van der Waals surface area contributed by atoms with Crippen LogP contribution >= 0.6 is 11.6 Å². The molecule has 0 saturated heterocycles. The zero-order valence-corrected chi connectivity index (χ0v) is 7.40. The summed E-state index contributed by atoms with van der Waals surface area (Å²) in [5, 5.41) is 8.77. The standard InChI is InChI=1S/C8H13ClO2/c1-8(9,7(10)11)6-4-2-3-5-6/h6H,2-5H2,1H3,(H,10,11). The van der Waals surface area contributed by atoms with E-state index >= 15 is 0 Å². The molecule has 0 bridgehead atoms. The van der Waals surface area contributed by atoms with Gasteiger partial charge in [-0.1, -0.05) is 12.8 Å². The fourth-order valence-corrected chi connectivity index (χ4v) is 1.86. The lowest BCUT2D eigenvalue weighted by atomic mass is 9.92. The van der Waals surface area contributed by atoms with E-state index in [1.54, 1.807) is 6.92 Å². The second-order valence-electron chi connectivity index (χ2n) is 3.36. The van der Waals surface area contributed by atoms with Gasteiger partial charge in [0, 0.05) is 0 Å². The van der Waals surface area contributed by atoms with Crippen LogP contribution in [0.1, 0.15) is 32.6 Å². The fourth-order valence-electron chi connectivity index (χ4n) is 1.64. The van der Waals surface area contributed by atoms with E-state index in [0.717, 1.165) is 25.7 Å². The molecule has 0 amide bonds. The summed E-state index contributed by atoms with van der Waals surface area (Å²) in [6.07, 6.45) is 4.18. The monoisotopic (exact) mass is 176 g/mol. The molecule has 0 heterocycles. The second kappa shape index (κ2) is 3.02. The average Bonchev–Trinajstić information content (AvgIpc) is 2.37. The molecule has 11 heavy (non-hydrogen) atoms. The molecule has 0 spiro atoms. The molecule has 1 rings (SSSR count). The third-order valence-corrected chi connectivity index (χ3v) is 3.01. The van der Waals surface area contributed by atoms with Gasteiger partial charge >= 0.3 is 5.97 Å². The molecule has 0 aromatic carbocycles. The molecule has 64 valence electrons. The summed E-state index contributed by atoms with van der Waals surface area (Å²) in [6.45, 7) is 1.60. The minimum atomic E-state index is -1.03. The lowest BCUT2D eigenvalue weighted by Gasteiger charge is -2.23. The Balaban J connectivity index is 2.62. The maximum atomic E-state index is 10.7. The van der Waals surface area contributed by atoms with Crippen molar-refractivity contribution in [1.29, 1.82) is 0 Å². The van der Waals surface area contributed by atoms with Gasteiger partial charge in [0.1, 0.15) is 4.87 Å². The van der Waals surface area contributed by atoms with Crippen molar-refractivity contribution in [2.24, 2.45) is 5.92 Å². The van der Waals surface area contributed by atoms with Crippen LogP contribution in [0.3, 0.4) is 0 Å². The van der Waals surface area contributed by atoms with E-state index in [9.17, 15) is 4.79 Å². The molecule has 1 aliphatic rings. The van der Waals surface area contributed by atoms with Gasteiger partial charge in [-0.2, -0.15) is 0 Å². The first kappa shape index (κ1) is 8.85. The van der Waals surface area contributed by atoms with Crippen LogP contribution in [-0.2, 0) is 4.79 Å². The Hall–Kier alpha value is -0.240. The van der Waals surface area contributed by atoms with Gasteiger partial charge < -0.3 is 5.11 Å². The minimum absolute atomic E-state index is 0.168. The number of hydrogen-bond donors (Lipinski definition) is 1. The number of aliphatic carboxylic acids is 1. The Morgan fingerprint density at radius 2 is 2.00 bits per heavy atom. The molecular formula is C8H13ClO2. The van der Waals surface area contributed by atoms with Crippen LogP contribution in [0.4, 0.5) is 0 Å². The van der Waals surface area contributed by atoms with E-state index in [4.69, 9.17) is 16.7 Å². The van der Waals surface area contributed by atoms with Crippen LogP contribution in [0.2, 0.25) is 0 Å². The summed E-state index contributed by atoms with van der Waals surface area (Å²) >= 11 is 5.88.